The summed E-state index contributed by atoms with van der Waals surface area (Å²) >= 11 is 1.72. The zero-order chi connectivity index (χ0) is 18.9. The number of carbonyl (C=O) groups excluding carboxylic acids is 1. The molecule has 0 aliphatic heterocycles. The van der Waals surface area contributed by atoms with Gasteiger partial charge in [0.2, 0.25) is 5.91 Å². The summed E-state index contributed by atoms with van der Waals surface area (Å²) in [6.45, 7) is 5.22. The summed E-state index contributed by atoms with van der Waals surface area (Å²) in [5, 5.41) is 8.40. The van der Waals surface area contributed by atoms with Gasteiger partial charge in [-0.2, -0.15) is 0 Å². The molecular formula is C20H28N2O3S. The summed E-state index contributed by atoms with van der Waals surface area (Å²) in [6, 6.07) is 10.2. The van der Waals surface area contributed by atoms with Crippen molar-refractivity contribution in [3.63, 3.8) is 0 Å². The van der Waals surface area contributed by atoms with Gasteiger partial charge in [0.1, 0.15) is 0 Å². The van der Waals surface area contributed by atoms with Crippen LogP contribution >= 0.6 is 11.3 Å². The Kier molecular flexibility index (Phi) is 7.94. The molecule has 142 valence electrons. The molecule has 2 N–H and O–H groups in total. The van der Waals surface area contributed by atoms with Crippen molar-refractivity contribution in [3.8, 4) is 11.5 Å². The van der Waals surface area contributed by atoms with E-state index in [1.165, 1.54) is 4.88 Å². The fourth-order valence-corrected chi connectivity index (χ4v) is 3.75. The normalized spacial score (nSPS) is 12.0. The summed E-state index contributed by atoms with van der Waals surface area (Å²) in [6.07, 6.45) is 0.741. The van der Waals surface area contributed by atoms with Crippen molar-refractivity contribution in [2.24, 2.45) is 5.92 Å². The van der Waals surface area contributed by atoms with Gasteiger partial charge in [0.15, 0.2) is 11.5 Å². The van der Waals surface area contributed by atoms with Crippen molar-refractivity contribution in [3.05, 3.63) is 46.2 Å². The predicted octanol–water partition coefficient (Wildman–Crippen LogP) is 3.41. The summed E-state index contributed by atoms with van der Waals surface area (Å²) in [7, 11) is 3.24. The minimum atomic E-state index is 0.00711. The molecule has 0 aliphatic rings. The minimum Gasteiger partial charge on any atom is -0.493 e. The van der Waals surface area contributed by atoms with Gasteiger partial charge in [0.05, 0.1) is 20.8 Å². The molecule has 0 saturated carbocycles. The summed E-state index contributed by atoms with van der Waals surface area (Å²) in [4.78, 5) is 13.4. The van der Waals surface area contributed by atoms with E-state index in [0.717, 1.165) is 12.0 Å². The fourth-order valence-electron chi connectivity index (χ4n) is 2.78. The Morgan fingerprint density at radius 3 is 2.54 bits per heavy atom. The Balaban J connectivity index is 1.78. The maximum Gasteiger partial charge on any atom is 0.233 e. The van der Waals surface area contributed by atoms with Crippen LogP contribution in [0, 0.1) is 5.92 Å². The first kappa shape index (κ1) is 20.3. The quantitative estimate of drug-likeness (QED) is 0.667. The van der Waals surface area contributed by atoms with Crippen LogP contribution in [-0.2, 0) is 11.2 Å². The molecule has 1 aromatic carbocycles. The number of thiophene rings is 1. The van der Waals surface area contributed by atoms with Gasteiger partial charge in [0.25, 0.3) is 0 Å². The maximum absolute atomic E-state index is 12.1. The van der Waals surface area contributed by atoms with Gasteiger partial charge in [-0.1, -0.05) is 26.0 Å². The highest BCUT2D eigenvalue weighted by Crippen LogP contribution is 2.27. The molecule has 0 fully saturated rings. The van der Waals surface area contributed by atoms with Crippen molar-refractivity contribution in [2.75, 3.05) is 27.3 Å². The topological polar surface area (TPSA) is 59.6 Å². The highest BCUT2D eigenvalue weighted by atomic mass is 32.1. The molecule has 1 aromatic heterocycles. The first-order valence-corrected chi connectivity index (χ1v) is 9.67. The van der Waals surface area contributed by atoms with E-state index < -0.39 is 0 Å². The minimum absolute atomic E-state index is 0.00711. The molecule has 5 nitrogen and oxygen atoms in total. The van der Waals surface area contributed by atoms with Gasteiger partial charge in [0, 0.05) is 17.5 Å². The predicted molar refractivity (Wildman–Crippen MR) is 106 cm³/mol. The molecule has 0 spiro atoms. The number of ether oxygens (including phenoxy) is 2. The van der Waals surface area contributed by atoms with E-state index in [-0.39, 0.29) is 11.9 Å². The number of hydrogen-bond acceptors (Lipinski definition) is 5. The molecule has 2 rings (SSSR count). The van der Waals surface area contributed by atoms with Crippen LogP contribution in [0.15, 0.2) is 35.7 Å². The van der Waals surface area contributed by atoms with Gasteiger partial charge >= 0.3 is 0 Å². The average Bonchev–Trinajstić information content (AvgIpc) is 3.15. The molecule has 1 atom stereocenters. The molecule has 1 unspecified atom stereocenters. The Labute approximate surface area is 159 Å². The Morgan fingerprint density at radius 1 is 1.15 bits per heavy atom. The van der Waals surface area contributed by atoms with E-state index in [0.29, 0.717) is 30.5 Å². The zero-order valence-electron chi connectivity index (χ0n) is 15.9. The number of nitrogens with one attached hydrogen (secondary N) is 2. The third-order valence-corrected chi connectivity index (χ3v) is 5.14. The number of rotatable bonds is 10. The molecule has 0 aliphatic carbocycles. The van der Waals surface area contributed by atoms with E-state index in [1.54, 1.807) is 25.6 Å². The average molecular weight is 377 g/mol. The van der Waals surface area contributed by atoms with Crippen LogP contribution in [-0.4, -0.2) is 33.2 Å². The summed E-state index contributed by atoms with van der Waals surface area (Å²) in [5.41, 5.74) is 1.09. The van der Waals surface area contributed by atoms with E-state index in [4.69, 9.17) is 9.47 Å². The lowest BCUT2D eigenvalue weighted by Gasteiger charge is -2.21. The van der Waals surface area contributed by atoms with Crippen LogP contribution in [0.2, 0.25) is 0 Å². The summed E-state index contributed by atoms with van der Waals surface area (Å²) in [5.74, 6) is 1.84. The number of benzene rings is 1. The van der Waals surface area contributed by atoms with Crippen molar-refractivity contribution >= 4 is 17.2 Å². The van der Waals surface area contributed by atoms with Gasteiger partial charge in [-0.15, -0.1) is 11.3 Å². The molecule has 2 aromatic rings. The van der Waals surface area contributed by atoms with Crippen molar-refractivity contribution in [1.82, 2.24) is 10.6 Å². The van der Waals surface area contributed by atoms with E-state index in [9.17, 15) is 4.79 Å². The van der Waals surface area contributed by atoms with Crippen molar-refractivity contribution < 1.29 is 14.3 Å². The van der Waals surface area contributed by atoms with E-state index >= 15 is 0 Å². The van der Waals surface area contributed by atoms with Crippen LogP contribution in [0.3, 0.4) is 0 Å². The van der Waals surface area contributed by atoms with Gasteiger partial charge in [-0.3, -0.25) is 4.79 Å². The van der Waals surface area contributed by atoms with E-state index in [1.807, 2.05) is 24.3 Å². The number of hydrogen-bond donors (Lipinski definition) is 2. The molecule has 0 saturated heterocycles. The second-order valence-electron chi connectivity index (χ2n) is 6.41. The standard InChI is InChI=1S/C20H28N2O3S/c1-14(2)20(18-6-5-11-26-18)22-13-19(23)21-10-9-15-7-8-16(24-3)17(12-15)25-4/h5-8,11-12,14,20,22H,9-10,13H2,1-4H3,(H,21,23). The molecular weight excluding hydrogens is 348 g/mol. The fraction of sp³-hybridized carbons (Fsp3) is 0.450. The SMILES string of the molecule is COc1ccc(CCNC(=O)CNC(c2cccs2)C(C)C)cc1OC. The lowest BCUT2D eigenvalue weighted by Crippen LogP contribution is -2.37. The second kappa shape index (κ2) is 10.2. The maximum atomic E-state index is 12.1. The number of methoxy groups -OCH3 is 2. The first-order chi connectivity index (χ1) is 12.5. The molecule has 26 heavy (non-hydrogen) atoms. The van der Waals surface area contributed by atoms with Crippen molar-refractivity contribution in [2.45, 2.75) is 26.3 Å². The van der Waals surface area contributed by atoms with E-state index in [2.05, 4.69) is 35.9 Å². The highest BCUT2D eigenvalue weighted by molar-refractivity contribution is 7.10. The van der Waals surface area contributed by atoms with Crippen LogP contribution in [0.25, 0.3) is 0 Å². The third-order valence-electron chi connectivity index (χ3n) is 4.18. The third kappa shape index (κ3) is 5.75. The number of carbonyl (C=O) groups is 1. The van der Waals surface area contributed by atoms with Crippen molar-refractivity contribution in [1.29, 1.82) is 0 Å². The smallest absolute Gasteiger partial charge is 0.233 e. The largest absolute Gasteiger partial charge is 0.493 e. The lowest BCUT2D eigenvalue weighted by atomic mass is 10.0. The zero-order valence-corrected chi connectivity index (χ0v) is 16.7. The molecule has 6 heteroatoms. The molecule has 1 heterocycles. The highest BCUT2D eigenvalue weighted by Gasteiger charge is 2.17. The lowest BCUT2D eigenvalue weighted by molar-refractivity contribution is -0.120. The first-order valence-electron chi connectivity index (χ1n) is 8.79. The van der Waals surface area contributed by atoms with Gasteiger partial charge < -0.3 is 20.1 Å². The Bertz CT molecular complexity index is 686. The summed E-state index contributed by atoms with van der Waals surface area (Å²) < 4.78 is 10.5. The van der Waals surface area contributed by atoms with Crippen LogP contribution in [0.5, 0.6) is 11.5 Å². The van der Waals surface area contributed by atoms with Crippen LogP contribution in [0.1, 0.15) is 30.3 Å². The molecule has 1 amide bonds. The second-order valence-corrected chi connectivity index (χ2v) is 7.39. The monoisotopic (exact) mass is 376 g/mol. The van der Waals surface area contributed by atoms with Crippen LogP contribution in [0.4, 0.5) is 0 Å². The van der Waals surface area contributed by atoms with Crippen LogP contribution < -0.4 is 20.1 Å². The Morgan fingerprint density at radius 2 is 1.92 bits per heavy atom. The molecule has 0 radical (unpaired) electrons. The molecule has 0 bridgehead atoms. The van der Waals surface area contributed by atoms with Gasteiger partial charge in [-0.25, -0.2) is 0 Å². The Hall–Kier alpha value is -2.05. The van der Waals surface area contributed by atoms with Gasteiger partial charge in [-0.05, 0) is 41.5 Å². The number of amides is 1.